The molecule has 2 aromatic carbocycles. The highest BCUT2D eigenvalue weighted by molar-refractivity contribution is 5.50. The van der Waals surface area contributed by atoms with Crippen molar-refractivity contribution in [2.75, 3.05) is 7.11 Å². The van der Waals surface area contributed by atoms with Crippen LogP contribution in [0, 0.1) is 0 Å². The standard InChI is InChI=1S/C16H16O2/c1-18-15-10-11-16(17)14(12-15)9-5-8-13-6-3-2-4-7-13/h2-8,10-12,17H,9H2,1H3/b8-5-. The Morgan fingerprint density at radius 1 is 1.11 bits per heavy atom. The SMILES string of the molecule is COc1ccc(O)c(C/C=C\c2ccccc2)c1. The molecule has 2 aromatic rings. The third kappa shape index (κ3) is 3.14. The van der Waals surface area contributed by atoms with E-state index in [0.29, 0.717) is 12.2 Å². The van der Waals surface area contributed by atoms with E-state index < -0.39 is 0 Å². The number of hydrogen-bond acceptors (Lipinski definition) is 2. The second-order valence-electron chi connectivity index (χ2n) is 4.01. The predicted octanol–water partition coefficient (Wildman–Crippen LogP) is 3.66. The summed E-state index contributed by atoms with van der Waals surface area (Å²) >= 11 is 0. The second-order valence-corrected chi connectivity index (χ2v) is 4.01. The number of ether oxygens (including phenoxy) is 1. The van der Waals surface area contributed by atoms with Gasteiger partial charge < -0.3 is 9.84 Å². The molecular weight excluding hydrogens is 224 g/mol. The topological polar surface area (TPSA) is 29.5 Å². The van der Waals surface area contributed by atoms with Crippen LogP contribution in [-0.4, -0.2) is 12.2 Å². The molecule has 92 valence electrons. The lowest BCUT2D eigenvalue weighted by Crippen LogP contribution is -1.87. The van der Waals surface area contributed by atoms with Crippen LogP contribution in [0.4, 0.5) is 0 Å². The number of hydrogen-bond donors (Lipinski definition) is 1. The summed E-state index contributed by atoms with van der Waals surface area (Å²) in [6.07, 6.45) is 4.75. The summed E-state index contributed by atoms with van der Waals surface area (Å²) in [5, 5.41) is 9.74. The molecule has 0 radical (unpaired) electrons. The van der Waals surface area contributed by atoms with Gasteiger partial charge in [0.05, 0.1) is 7.11 Å². The van der Waals surface area contributed by atoms with E-state index in [1.165, 1.54) is 0 Å². The van der Waals surface area contributed by atoms with Crippen molar-refractivity contribution in [1.82, 2.24) is 0 Å². The first-order valence-electron chi connectivity index (χ1n) is 5.87. The van der Waals surface area contributed by atoms with Gasteiger partial charge in [0.1, 0.15) is 11.5 Å². The third-order valence-electron chi connectivity index (χ3n) is 2.73. The van der Waals surface area contributed by atoms with Gasteiger partial charge in [-0.05, 0) is 30.2 Å². The Bertz CT molecular complexity index is 530. The number of benzene rings is 2. The molecule has 0 aliphatic rings. The van der Waals surface area contributed by atoms with Crippen LogP contribution in [0.25, 0.3) is 6.08 Å². The van der Waals surface area contributed by atoms with E-state index in [0.717, 1.165) is 16.9 Å². The Labute approximate surface area is 107 Å². The van der Waals surface area contributed by atoms with E-state index in [9.17, 15) is 5.11 Å². The highest BCUT2D eigenvalue weighted by atomic mass is 16.5. The molecule has 0 amide bonds. The fraction of sp³-hybridized carbons (Fsp3) is 0.125. The molecule has 0 bridgehead atoms. The van der Waals surface area contributed by atoms with E-state index in [1.807, 2.05) is 48.6 Å². The minimum atomic E-state index is 0.300. The molecule has 2 nitrogen and oxygen atoms in total. The van der Waals surface area contributed by atoms with E-state index in [1.54, 1.807) is 19.2 Å². The normalized spacial score (nSPS) is 10.7. The second kappa shape index (κ2) is 5.92. The molecule has 0 unspecified atom stereocenters. The van der Waals surface area contributed by atoms with Crippen molar-refractivity contribution in [1.29, 1.82) is 0 Å². The maximum Gasteiger partial charge on any atom is 0.119 e. The average Bonchev–Trinajstić information content (AvgIpc) is 2.42. The number of phenolic OH excluding ortho intramolecular Hbond substituents is 1. The van der Waals surface area contributed by atoms with Gasteiger partial charge in [-0.2, -0.15) is 0 Å². The zero-order valence-electron chi connectivity index (χ0n) is 10.3. The molecule has 0 aliphatic carbocycles. The fourth-order valence-electron chi connectivity index (χ4n) is 1.74. The molecule has 0 saturated carbocycles. The highest BCUT2D eigenvalue weighted by Crippen LogP contribution is 2.23. The first-order chi connectivity index (χ1) is 8.79. The highest BCUT2D eigenvalue weighted by Gasteiger charge is 2.01. The van der Waals surface area contributed by atoms with Gasteiger partial charge in [0.25, 0.3) is 0 Å². The van der Waals surface area contributed by atoms with Gasteiger partial charge in [0.15, 0.2) is 0 Å². The lowest BCUT2D eigenvalue weighted by atomic mass is 10.1. The molecule has 1 N–H and O–H groups in total. The van der Waals surface area contributed by atoms with Gasteiger partial charge in [0, 0.05) is 5.56 Å². The van der Waals surface area contributed by atoms with Gasteiger partial charge in [-0.3, -0.25) is 0 Å². The summed E-state index contributed by atoms with van der Waals surface area (Å²) < 4.78 is 5.14. The Kier molecular flexibility index (Phi) is 4.02. The summed E-state index contributed by atoms with van der Waals surface area (Å²) in [5.74, 6) is 1.06. The van der Waals surface area contributed by atoms with E-state index in [4.69, 9.17) is 4.74 Å². The van der Waals surface area contributed by atoms with Crippen molar-refractivity contribution in [2.45, 2.75) is 6.42 Å². The van der Waals surface area contributed by atoms with Crippen LogP contribution in [-0.2, 0) is 6.42 Å². The molecule has 2 rings (SSSR count). The minimum Gasteiger partial charge on any atom is -0.508 e. The Balaban J connectivity index is 2.08. The maximum absolute atomic E-state index is 9.74. The quantitative estimate of drug-likeness (QED) is 0.883. The molecular formula is C16H16O2. The summed E-state index contributed by atoms with van der Waals surface area (Å²) in [7, 11) is 1.62. The average molecular weight is 240 g/mol. The van der Waals surface area contributed by atoms with E-state index >= 15 is 0 Å². The molecule has 18 heavy (non-hydrogen) atoms. The summed E-state index contributed by atoms with van der Waals surface area (Å²) in [4.78, 5) is 0. The van der Waals surface area contributed by atoms with Gasteiger partial charge in [0.2, 0.25) is 0 Å². The fourth-order valence-corrected chi connectivity index (χ4v) is 1.74. The monoisotopic (exact) mass is 240 g/mol. The maximum atomic E-state index is 9.74. The van der Waals surface area contributed by atoms with Crippen molar-refractivity contribution in [2.24, 2.45) is 0 Å². The zero-order valence-corrected chi connectivity index (χ0v) is 10.3. The van der Waals surface area contributed by atoms with Crippen LogP contribution < -0.4 is 4.74 Å². The number of phenols is 1. The smallest absolute Gasteiger partial charge is 0.119 e. The summed E-state index contributed by atoms with van der Waals surface area (Å²) in [6.45, 7) is 0. The van der Waals surface area contributed by atoms with Crippen molar-refractivity contribution in [3.8, 4) is 11.5 Å². The van der Waals surface area contributed by atoms with Crippen molar-refractivity contribution >= 4 is 6.08 Å². The predicted molar refractivity (Wildman–Crippen MR) is 73.8 cm³/mol. The molecule has 0 aromatic heterocycles. The van der Waals surface area contributed by atoms with Crippen LogP contribution in [0.3, 0.4) is 0 Å². The van der Waals surface area contributed by atoms with Crippen LogP contribution in [0.1, 0.15) is 11.1 Å². The van der Waals surface area contributed by atoms with Crippen molar-refractivity contribution in [3.05, 3.63) is 65.7 Å². The number of rotatable bonds is 4. The molecule has 0 saturated heterocycles. The van der Waals surface area contributed by atoms with E-state index in [-0.39, 0.29) is 0 Å². The molecule has 0 heterocycles. The molecule has 2 heteroatoms. The van der Waals surface area contributed by atoms with Gasteiger partial charge in [-0.1, -0.05) is 42.5 Å². The van der Waals surface area contributed by atoms with Crippen LogP contribution in [0.2, 0.25) is 0 Å². The number of allylic oxidation sites excluding steroid dienone is 1. The van der Waals surface area contributed by atoms with Crippen LogP contribution in [0.5, 0.6) is 11.5 Å². The molecule has 0 atom stereocenters. The zero-order chi connectivity index (χ0) is 12.8. The lowest BCUT2D eigenvalue weighted by Gasteiger charge is -2.04. The Morgan fingerprint density at radius 3 is 2.61 bits per heavy atom. The van der Waals surface area contributed by atoms with Crippen LogP contribution >= 0.6 is 0 Å². The van der Waals surface area contributed by atoms with Crippen LogP contribution in [0.15, 0.2) is 54.6 Å². The van der Waals surface area contributed by atoms with Crippen molar-refractivity contribution < 1.29 is 9.84 Å². The first-order valence-corrected chi connectivity index (χ1v) is 5.87. The van der Waals surface area contributed by atoms with Gasteiger partial charge >= 0.3 is 0 Å². The van der Waals surface area contributed by atoms with E-state index in [2.05, 4.69) is 0 Å². The third-order valence-corrected chi connectivity index (χ3v) is 2.73. The number of aromatic hydroxyl groups is 1. The Hall–Kier alpha value is -2.22. The van der Waals surface area contributed by atoms with Gasteiger partial charge in [-0.25, -0.2) is 0 Å². The molecule has 0 fully saturated rings. The number of methoxy groups -OCH3 is 1. The first kappa shape index (κ1) is 12.2. The minimum absolute atomic E-state index is 0.300. The summed E-state index contributed by atoms with van der Waals surface area (Å²) in [5.41, 5.74) is 2.02. The lowest BCUT2D eigenvalue weighted by molar-refractivity contribution is 0.411. The molecule has 0 spiro atoms. The molecule has 0 aliphatic heterocycles. The largest absolute Gasteiger partial charge is 0.508 e. The Morgan fingerprint density at radius 2 is 1.89 bits per heavy atom. The van der Waals surface area contributed by atoms with Crippen molar-refractivity contribution in [3.63, 3.8) is 0 Å². The summed E-state index contributed by atoms with van der Waals surface area (Å²) in [6, 6.07) is 15.3. The van der Waals surface area contributed by atoms with Gasteiger partial charge in [-0.15, -0.1) is 0 Å².